The summed E-state index contributed by atoms with van der Waals surface area (Å²) >= 11 is 0. The van der Waals surface area contributed by atoms with Crippen LogP contribution < -0.4 is 15.4 Å². The number of amides is 3. The van der Waals surface area contributed by atoms with Gasteiger partial charge in [0.15, 0.2) is 0 Å². The molecule has 0 unspecified atom stereocenters. The minimum Gasteiger partial charge on any atom is -0.478 e. The number of carboxylic acids is 1. The molecule has 4 rings (SSSR count). The van der Waals surface area contributed by atoms with Crippen molar-refractivity contribution < 1.29 is 32.7 Å². The average Bonchev–Trinajstić information content (AvgIpc) is 3.03. The summed E-state index contributed by atoms with van der Waals surface area (Å²) in [4.78, 5) is 50.4. The molecule has 0 fully saturated rings. The number of carbonyl (C=O) groups is 4. The number of hydrogen-bond acceptors (Lipinski definition) is 6. The lowest BCUT2D eigenvalue weighted by molar-refractivity contribution is 0.0697. The molecule has 33 heavy (non-hydrogen) atoms. The van der Waals surface area contributed by atoms with Crippen molar-refractivity contribution in [3.63, 3.8) is 0 Å². The molecule has 3 aromatic carbocycles. The molecule has 4 N–H and O–H groups in total. The molecule has 0 aliphatic carbocycles. The molecule has 3 amide bonds. The van der Waals surface area contributed by atoms with Crippen LogP contribution in [0.2, 0.25) is 0 Å². The Labute approximate surface area is 187 Å². The number of para-hydroxylation sites is 1. The molecule has 0 atom stereocenters. The first-order valence-electron chi connectivity index (χ1n) is 9.37. The van der Waals surface area contributed by atoms with Crippen molar-refractivity contribution in [1.82, 2.24) is 0 Å². The number of primary sulfonamides is 1. The number of sulfonamides is 1. The number of nitrogens with one attached hydrogen (secondary N) is 1. The Kier molecular flexibility index (Phi) is 5.28. The van der Waals surface area contributed by atoms with E-state index in [4.69, 9.17) is 5.14 Å². The van der Waals surface area contributed by atoms with Crippen molar-refractivity contribution in [2.75, 3.05) is 10.2 Å². The van der Waals surface area contributed by atoms with Gasteiger partial charge in [0.25, 0.3) is 17.7 Å². The molecule has 0 aromatic heterocycles. The largest absolute Gasteiger partial charge is 0.478 e. The first-order chi connectivity index (χ1) is 15.6. The Hall–Kier alpha value is -4.35. The van der Waals surface area contributed by atoms with E-state index in [1.165, 1.54) is 60.7 Å². The van der Waals surface area contributed by atoms with Gasteiger partial charge in [-0.05, 0) is 54.6 Å². The molecule has 0 radical (unpaired) electrons. The summed E-state index contributed by atoms with van der Waals surface area (Å²) in [5.74, 6) is -3.21. The Morgan fingerprint density at radius 3 is 2.15 bits per heavy atom. The number of aromatic carboxylic acids is 1. The van der Waals surface area contributed by atoms with E-state index in [9.17, 15) is 32.7 Å². The van der Waals surface area contributed by atoms with Crippen LogP contribution in [0.4, 0.5) is 11.4 Å². The number of nitrogens with zero attached hydrogens (tertiary/aromatic N) is 1. The Morgan fingerprint density at radius 1 is 0.879 bits per heavy atom. The first-order valence-corrected chi connectivity index (χ1v) is 10.9. The summed E-state index contributed by atoms with van der Waals surface area (Å²) in [6.45, 7) is 0. The second-order valence-electron chi connectivity index (χ2n) is 7.05. The third-order valence-corrected chi connectivity index (χ3v) is 5.91. The zero-order valence-corrected chi connectivity index (χ0v) is 17.5. The van der Waals surface area contributed by atoms with Gasteiger partial charge in [0.2, 0.25) is 10.0 Å². The lowest BCUT2D eigenvalue weighted by Crippen LogP contribution is -2.29. The van der Waals surface area contributed by atoms with Crippen molar-refractivity contribution in [2.45, 2.75) is 4.90 Å². The van der Waals surface area contributed by atoms with Crippen LogP contribution in [0, 0.1) is 0 Å². The number of hydrogen-bond donors (Lipinski definition) is 3. The third-order valence-electron chi connectivity index (χ3n) is 4.98. The molecule has 1 heterocycles. The van der Waals surface area contributed by atoms with Gasteiger partial charge in [-0.25, -0.2) is 23.3 Å². The number of carbonyl (C=O) groups excluding carboxylic acids is 3. The van der Waals surface area contributed by atoms with E-state index in [0.29, 0.717) is 0 Å². The van der Waals surface area contributed by atoms with E-state index >= 15 is 0 Å². The van der Waals surface area contributed by atoms with E-state index in [0.717, 1.165) is 4.90 Å². The first kappa shape index (κ1) is 21.9. The quantitative estimate of drug-likeness (QED) is 0.486. The number of rotatable bonds is 5. The van der Waals surface area contributed by atoms with Crippen LogP contribution in [0.25, 0.3) is 0 Å². The van der Waals surface area contributed by atoms with Gasteiger partial charge >= 0.3 is 5.97 Å². The van der Waals surface area contributed by atoms with Crippen LogP contribution in [0.3, 0.4) is 0 Å². The van der Waals surface area contributed by atoms with Crippen molar-refractivity contribution in [3.8, 4) is 0 Å². The number of carboxylic acid groups (broad SMARTS) is 1. The molecule has 3 aromatic rings. The van der Waals surface area contributed by atoms with E-state index in [1.54, 1.807) is 6.07 Å². The van der Waals surface area contributed by atoms with Gasteiger partial charge in [0.05, 0.1) is 33.0 Å². The fourth-order valence-electron chi connectivity index (χ4n) is 3.37. The summed E-state index contributed by atoms with van der Waals surface area (Å²) in [6, 6.07) is 14.7. The molecule has 0 spiro atoms. The van der Waals surface area contributed by atoms with E-state index in [1.807, 2.05) is 0 Å². The predicted molar refractivity (Wildman–Crippen MR) is 117 cm³/mol. The molecule has 166 valence electrons. The van der Waals surface area contributed by atoms with Crippen molar-refractivity contribution in [1.29, 1.82) is 0 Å². The molecule has 1 aliphatic rings. The monoisotopic (exact) mass is 465 g/mol. The topological polar surface area (TPSA) is 164 Å². The van der Waals surface area contributed by atoms with Gasteiger partial charge in [-0.2, -0.15) is 0 Å². The predicted octanol–water partition coefficient (Wildman–Crippen LogP) is 2.09. The van der Waals surface area contributed by atoms with E-state index in [-0.39, 0.29) is 38.5 Å². The van der Waals surface area contributed by atoms with Crippen molar-refractivity contribution >= 4 is 45.1 Å². The van der Waals surface area contributed by atoms with Gasteiger partial charge in [-0.3, -0.25) is 14.4 Å². The number of fused-ring (bicyclic) bond motifs is 1. The van der Waals surface area contributed by atoms with E-state index < -0.39 is 33.7 Å². The lowest BCUT2D eigenvalue weighted by Gasteiger charge is -2.14. The molecule has 0 saturated carbocycles. The SMILES string of the molecule is NS(=O)(=O)c1ccc(N2C(=O)c3ccc(C(=O)Nc4ccccc4C(=O)O)cc3C2=O)cc1. The minimum atomic E-state index is -3.94. The number of nitrogens with two attached hydrogens (primary N) is 1. The third kappa shape index (κ3) is 3.97. The second-order valence-corrected chi connectivity index (χ2v) is 8.61. The van der Waals surface area contributed by atoms with Gasteiger partial charge in [-0.15, -0.1) is 0 Å². The average molecular weight is 465 g/mol. The highest BCUT2D eigenvalue weighted by Gasteiger charge is 2.37. The summed E-state index contributed by atoms with van der Waals surface area (Å²) in [5, 5.41) is 16.8. The van der Waals surface area contributed by atoms with E-state index in [2.05, 4.69) is 5.32 Å². The number of anilines is 2. The van der Waals surface area contributed by atoms with Gasteiger partial charge in [0.1, 0.15) is 0 Å². The summed E-state index contributed by atoms with van der Waals surface area (Å²) in [5.41, 5.74) is 0.200. The van der Waals surface area contributed by atoms with Crippen LogP contribution >= 0.6 is 0 Å². The maximum absolute atomic E-state index is 12.9. The summed E-state index contributed by atoms with van der Waals surface area (Å²) in [7, 11) is -3.94. The van der Waals surface area contributed by atoms with Crippen LogP contribution in [0.1, 0.15) is 41.4 Å². The van der Waals surface area contributed by atoms with Crippen molar-refractivity contribution in [3.05, 3.63) is 89.0 Å². The minimum absolute atomic E-state index is 0.0188. The van der Waals surface area contributed by atoms with Crippen molar-refractivity contribution in [2.24, 2.45) is 5.14 Å². The van der Waals surface area contributed by atoms with Gasteiger partial charge in [0, 0.05) is 5.56 Å². The molecule has 0 saturated heterocycles. The lowest BCUT2D eigenvalue weighted by atomic mass is 10.0. The highest BCUT2D eigenvalue weighted by atomic mass is 32.2. The second kappa shape index (κ2) is 7.97. The fourth-order valence-corrected chi connectivity index (χ4v) is 3.89. The van der Waals surface area contributed by atoms with Crippen LogP contribution in [0.5, 0.6) is 0 Å². The maximum Gasteiger partial charge on any atom is 0.337 e. The number of benzene rings is 3. The Bertz CT molecular complexity index is 1450. The fraction of sp³-hybridized carbons (Fsp3) is 0. The highest BCUT2D eigenvalue weighted by molar-refractivity contribution is 7.89. The zero-order chi connectivity index (χ0) is 23.9. The maximum atomic E-state index is 12.9. The normalized spacial score (nSPS) is 13.1. The van der Waals surface area contributed by atoms with Crippen LogP contribution in [-0.2, 0) is 10.0 Å². The van der Waals surface area contributed by atoms with Crippen LogP contribution in [0.15, 0.2) is 71.6 Å². The van der Waals surface area contributed by atoms with Crippen LogP contribution in [-0.4, -0.2) is 37.2 Å². The summed E-state index contributed by atoms with van der Waals surface area (Å²) in [6.07, 6.45) is 0. The Balaban J connectivity index is 1.63. The molecule has 1 aliphatic heterocycles. The van der Waals surface area contributed by atoms with Gasteiger partial charge in [-0.1, -0.05) is 12.1 Å². The Morgan fingerprint density at radius 2 is 1.52 bits per heavy atom. The standard InChI is InChI=1S/C22H15N3O7S/c23-33(31,32)14-8-6-13(7-9-14)25-20(27)15-10-5-12(11-17(15)21(25)28)19(26)24-18-4-2-1-3-16(18)22(29)30/h1-11H,(H,24,26)(H,29,30)(H2,23,31,32). The summed E-state index contributed by atoms with van der Waals surface area (Å²) < 4.78 is 22.8. The zero-order valence-electron chi connectivity index (χ0n) is 16.7. The highest BCUT2D eigenvalue weighted by Crippen LogP contribution is 2.30. The molecular weight excluding hydrogens is 450 g/mol. The smallest absolute Gasteiger partial charge is 0.337 e. The molecule has 10 nitrogen and oxygen atoms in total. The molecule has 11 heteroatoms. The van der Waals surface area contributed by atoms with Gasteiger partial charge < -0.3 is 10.4 Å². The molecular formula is C22H15N3O7S. The molecule has 0 bridgehead atoms. The number of imide groups is 1.